The summed E-state index contributed by atoms with van der Waals surface area (Å²) >= 11 is 0. The molecule has 0 saturated carbocycles. The maximum atomic E-state index is 13.5. The number of hydrogen-bond donors (Lipinski definition) is 1. The number of pyridine rings is 1. The highest BCUT2D eigenvalue weighted by Crippen LogP contribution is 2.31. The molecule has 1 aliphatic rings. The van der Waals surface area contributed by atoms with Crippen LogP contribution in [0.3, 0.4) is 0 Å². The van der Waals surface area contributed by atoms with Gasteiger partial charge in [0.2, 0.25) is 0 Å². The predicted octanol–water partition coefficient (Wildman–Crippen LogP) is 3.94. The molecule has 1 fully saturated rings. The average Bonchev–Trinajstić information content (AvgIpc) is 3.31. The standard InChI is InChI=1S/C27H32FN7O/c1-17-14-18(2)23-19(15-17)16-22(26(36)29-23)24(25-30-31-32-35(25)27(3,4)5)34-12-10-33(11-13-34)21-8-6-20(28)7-9-21/h6-9,14-16,24H,10-13H2,1-5H3,(H,29,36)/t24-/m1/s1. The van der Waals surface area contributed by atoms with Gasteiger partial charge in [-0.05, 0) is 92.4 Å². The van der Waals surface area contributed by atoms with Crippen LogP contribution in [0.2, 0.25) is 0 Å². The van der Waals surface area contributed by atoms with E-state index in [1.807, 2.05) is 38.4 Å². The van der Waals surface area contributed by atoms with Gasteiger partial charge in [0.1, 0.15) is 11.9 Å². The van der Waals surface area contributed by atoms with Crippen molar-refractivity contribution < 1.29 is 4.39 Å². The minimum Gasteiger partial charge on any atom is -0.369 e. The van der Waals surface area contributed by atoms with Gasteiger partial charge in [-0.25, -0.2) is 9.07 Å². The second-order valence-electron chi connectivity index (χ2n) is 10.6. The number of benzene rings is 2. The quantitative estimate of drug-likeness (QED) is 0.468. The third-order valence-electron chi connectivity index (χ3n) is 6.86. The summed E-state index contributed by atoms with van der Waals surface area (Å²) in [6.07, 6.45) is 0. The summed E-state index contributed by atoms with van der Waals surface area (Å²) in [7, 11) is 0. The van der Waals surface area contributed by atoms with E-state index in [1.54, 1.807) is 12.1 Å². The fourth-order valence-electron chi connectivity index (χ4n) is 5.14. The van der Waals surface area contributed by atoms with Crippen LogP contribution in [-0.4, -0.2) is 56.3 Å². The Labute approximate surface area is 209 Å². The van der Waals surface area contributed by atoms with Crippen molar-refractivity contribution in [3.63, 3.8) is 0 Å². The van der Waals surface area contributed by atoms with E-state index in [9.17, 15) is 9.18 Å². The predicted molar refractivity (Wildman–Crippen MR) is 139 cm³/mol. The van der Waals surface area contributed by atoms with Crippen LogP contribution >= 0.6 is 0 Å². The summed E-state index contributed by atoms with van der Waals surface area (Å²) in [5.41, 5.74) is 4.15. The third-order valence-corrected chi connectivity index (χ3v) is 6.86. The molecule has 8 nitrogen and oxygen atoms in total. The lowest BCUT2D eigenvalue weighted by Gasteiger charge is -2.40. The van der Waals surface area contributed by atoms with E-state index in [-0.39, 0.29) is 16.9 Å². The van der Waals surface area contributed by atoms with Crippen molar-refractivity contribution in [1.82, 2.24) is 30.1 Å². The molecule has 0 aliphatic carbocycles. The zero-order chi connectivity index (χ0) is 25.6. The number of fused-ring (bicyclic) bond motifs is 1. The number of piperazine rings is 1. The molecule has 3 heterocycles. The molecule has 1 aliphatic heterocycles. The van der Waals surface area contributed by atoms with Crippen LogP contribution in [0.1, 0.15) is 49.3 Å². The molecule has 0 radical (unpaired) electrons. The van der Waals surface area contributed by atoms with Gasteiger partial charge in [-0.1, -0.05) is 11.6 Å². The largest absolute Gasteiger partial charge is 0.369 e. The number of nitrogens with zero attached hydrogens (tertiary/aromatic N) is 6. The summed E-state index contributed by atoms with van der Waals surface area (Å²) in [5.74, 6) is 0.402. The normalized spacial score (nSPS) is 16.0. The van der Waals surface area contributed by atoms with Gasteiger partial charge in [-0.3, -0.25) is 9.69 Å². The van der Waals surface area contributed by atoms with Gasteiger partial charge in [0.15, 0.2) is 5.82 Å². The first-order valence-electron chi connectivity index (χ1n) is 12.3. The summed E-state index contributed by atoms with van der Waals surface area (Å²) in [5, 5.41) is 13.7. The Kier molecular flexibility index (Phi) is 6.12. The lowest BCUT2D eigenvalue weighted by atomic mass is 9.99. The first-order valence-corrected chi connectivity index (χ1v) is 12.3. The number of aryl methyl sites for hydroxylation is 2. The van der Waals surface area contributed by atoms with Gasteiger partial charge in [-0.15, -0.1) is 5.10 Å². The van der Waals surface area contributed by atoms with E-state index in [2.05, 4.69) is 49.4 Å². The minimum absolute atomic E-state index is 0.135. The minimum atomic E-state index is -0.413. The topological polar surface area (TPSA) is 82.9 Å². The Morgan fingerprint density at radius 2 is 1.69 bits per heavy atom. The van der Waals surface area contributed by atoms with E-state index in [4.69, 9.17) is 0 Å². The van der Waals surface area contributed by atoms with Gasteiger partial charge in [0, 0.05) is 37.4 Å². The SMILES string of the molecule is Cc1cc(C)c2[nH]c(=O)c([C@H](c3nnnn3C(C)(C)C)N3CCN(c4ccc(F)cc4)CC3)cc2c1. The maximum Gasteiger partial charge on any atom is 0.253 e. The summed E-state index contributed by atoms with van der Waals surface area (Å²) in [6.45, 7) is 13.1. The molecular weight excluding hydrogens is 457 g/mol. The van der Waals surface area contributed by atoms with Crippen molar-refractivity contribution in [1.29, 1.82) is 0 Å². The van der Waals surface area contributed by atoms with E-state index >= 15 is 0 Å². The molecule has 2 aromatic heterocycles. The molecule has 4 aromatic rings. The molecule has 5 rings (SSSR count). The van der Waals surface area contributed by atoms with Crippen molar-refractivity contribution in [2.45, 2.75) is 46.2 Å². The number of aromatic amines is 1. The molecule has 1 atom stereocenters. The van der Waals surface area contributed by atoms with Crippen LogP contribution in [0.15, 0.2) is 47.3 Å². The smallest absolute Gasteiger partial charge is 0.253 e. The number of halogens is 1. The Balaban J connectivity index is 1.57. The average molecular weight is 490 g/mol. The zero-order valence-corrected chi connectivity index (χ0v) is 21.4. The lowest BCUT2D eigenvalue weighted by molar-refractivity contribution is 0.190. The molecule has 9 heteroatoms. The van der Waals surface area contributed by atoms with Crippen LogP contribution in [-0.2, 0) is 5.54 Å². The van der Waals surface area contributed by atoms with Crippen LogP contribution in [0.4, 0.5) is 10.1 Å². The molecule has 0 unspecified atom stereocenters. The van der Waals surface area contributed by atoms with E-state index in [1.165, 1.54) is 12.1 Å². The molecule has 0 amide bonds. The number of nitrogens with one attached hydrogen (secondary N) is 1. The Bertz CT molecular complexity index is 1440. The molecule has 0 spiro atoms. The number of aromatic nitrogens is 5. The molecular formula is C27H32FN7O. The number of hydrogen-bond acceptors (Lipinski definition) is 6. The fraction of sp³-hybridized carbons (Fsp3) is 0.407. The van der Waals surface area contributed by atoms with Gasteiger partial charge in [-0.2, -0.15) is 0 Å². The van der Waals surface area contributed by atoms with Crippen LogP contribution < -0.4 is 10.5 Å². The van der Waals surface area contributed by atoms with Crippen molar-refractivity contribution in [3.05, 3.63) is 81.2 Å². The summed E-state index contributed by atoms with van der Waals surface area (Å²) in [6, 6.07) is 12.3. The Morgan fingerprint density at radius 3 is 2.36 bits per heavy atom. The first kappa shape index (κ1) is 24.1. The molecule has 1 saturated heterocycles. The second-order valence-corrected chi connectivity index (χ2v) is 10.6. The third kappa shape index (κ3) is 4.51. The number of anilines is 1. The van der Waals surface area contributed by atoms with Crippen LogP contribution in [0.5, 0.6) is 0 Å². The van der Waals surface area contributed by atoms with Crippen molar-refractivity contribution in [3.8, 4) is 0 Å². The highest BCUT2D eigenvalue weighted by molar-refractivity contribution is 5.83. The zero-order valence-electron chi connectivity index (χ0n) is 21.4. The van der Waals surface area contributed by atoms with Crippen LogP contribution in [0.25, 0.3) is 10.9 Å². The van der Waals surface area contributed by atoms with Gasteiger partial charge < -0.3 is 9.88 Å². The highest BCUT2D eigenvalue weighted by atomic mass is 19.1. The summed E-state index contributed by atoms with van der Waals surface area (Å²) < 4.78 is 15.2. The molecule has 188 valence electrons. The monoisotopic (exact) mass is 489 g/mol. The first-order chi connectivity index (χ1) is 17.1. The summed E-state index contributed by atoms with van der Waals surface area (Å²) in [4.78, 5) is 21.2. The van der Waals surface area contributed by atoms with Gasteiger partial charge >= 0.3 is 0 Å². The van der Waals surface area contributed by atoms with Crippen molar-refractivity contribution in [2.75, 3.05) is 31.1 Å². The molecule has 1 N–H and O–H groups in total. The second kappa shape index (κ2) is 9.13. The number of tetrazole rings is 1. The number of rotatable bonds is 4. The Hall–Kier alpha value is -3.59. The van der Waals surface area contributed by atoms with E-state index in [0.717, 1.165) is 40.8 Å². The van der Waals surface area contributed by atoms with Crippen molar-refractivity contribution >= 4 is 16.6 Å². The van der Waals surface area contributed by atoms with E-state index in [0.29, 0.717) is 24.5 Å². The fourth-order valence-corrected chi connectivity index (χ4v) is 5.14. The maximum absolute atomic E-state index is 13.5. The molecule has 0 bridgehead atoms. The lowest BCUT2D eigenvalue weighted by Crippen LogP contribution is -2.49. The van der Waals surface area contributed by atoms with Crippen molar-refractivity contribution in [2.24, 2.45) is 0 Å². The van der Waals surface area contributed by atoms with Gasteiger partial charge in [0.25, 0.3) is 5.56 Å². The van der Waals surface area contributed by atoms with Crippen LogP contribution in [0, 0.1) is 19.7 Å². The Morgan fingerprint density at radius 1 is 1.00 bits per heavy atom. The van der Waals surface area contributed by atoms with Gasteiger partial charge in [0.05, 0.1) is 11.1 Å². The van der Waals surface area contributed by atoms with E-state index < -0.39 is 6.04 Å². The molecule has 2 aromatic carbocycles. The number of H-pyrrole nitrogens is 1. The molecule has 36 heavy (non-hydrogen) atoms. The highest BCUT2D eigenvalue weighted by Gasteiger charge is 2.35.